The summed E-state index contributed by atoms with van der Waals surface area (Å²) >= 11 is 0. The van der Waals surface area contributed by atoms with Crippen molar-refractivity contribution < 1.29 is 0 Å². The van der Waals surface area contributed by atoms with Crippen LogP contribution in [0.5, 0.6) is 0 Å². The van der Waals surface area contributed by atoms with E-state index in [1.54, 1.807) is 4.80 Å². The summed E-state index contributed by atoms with van der Waals surface area (Å²) in [6.07, 6.45) is 5.98. The lowest BCUT2D eigenvalue weighted by molar-refractivity contribution is 0.299. The van der Waals surface area contributed by atoms with Gasteiger partial charge in [-0.3, -0.25) is 0 Å². The van der Waals surface area contributed by atoms with E-state index in [0.29, 0.717) is 0 Å². The summed E-state index contributed by atoms with van der Waals surface area (Å²) in [6.45, 7) is 9.58. The van der Waals surface area contributed by atoms with Crippen molar-refractivity contribution in [1.29, 1.82) is 0 Å². The van der Waals surface area contributed by atoms with Gasteiger partial charge in [-0.05, 0) is 17.0 Å². The molecule has 1 aromatic rings. The molecule has 0 aromatic carbocycles. The van der Waals surface area contributed by atoms with Crippen LogP contribution in [0.3, 0.4) is 0 Å². The highest BCUT2D eigenvalue weighted by Gasteiger charge is 2.13. The first-order valence-electron chi connectivity index (χ1n) is 6.28. The lowest BCUT2D eigenvalue weighted by atomic mass is 9.97. The summed E-state index contributed by atoms with van der Waals surface area (Å²) < 4.78 is 0. The summed E-state index contributed by atoms with van der Waals surface area (Å²) in [5.41, 5.74) is 0.209. The number of rotatable bonds is 6. The Labute approximate surface area is 98.4 Å². The minimum Gasteiger partial charge on any atom is -0.164 e. The summed E-state index contributed by atoms with van der Waals surface area (Å²) in [7, 11) is 0. The molecule has 1 heterocycles. The van der Waals surface area contributed by atoms with Crippen LogP contribution in [-0.2, 0) is 13.0 Å². The molecule has 92 valence electrons. The van der Waals surface area contributed by atoms with Gasteiger partial charge in [-0.2, -0.15) is 4.80 Å². The lowest BCUT2D eigenvalue weighted by Crippen LogP contribution is -2.17. The van der Waals surface area contributed by atoms with E-state index in [1.165, 1.54) is 25.7 Å². The third-order valence-corrected chi connectivity index (χ3v) is 2.36. The Balaban J connectivity index is 2.34. The molecule has 16 heavy (non-hydrogen) atoms. The smallest absolute Gasteiger partial charge is 0.164 e. The number of tetrazole rings is 1. The van der Waals surface area contributed by atoms with Crippen molar-refractivity contribution in [3.05, 3.63) is 5.82 Å². The van der Waals surface area contributed by atoms with Gasteiger partial charge in [0, 0.05) is 6.42 Å². The fraction of sp³-hybridized carbons (Fsp3) is 0.917. The highest BCUT2D eigenvalue weighted by Crippen LogP contribution is 2.14. The molecule has 0 spiro atoms. The maximum Gasteiger partial charge on any atom is 0.174 e. The lowest BCUT2D eigenvalue weighted by Gasteiger charge is -2.15. The Kier molecular flexibility index (Phi) is 4.90. The maximum atomic E-state index is 4.39. The molecule has 0 N–H and O–H groups in total. The second-order valence-electron chi connectivity index (χ2n) is 5.61. The highest BCUT2D eigenvalue weighted by molar-refractivity contribution is 4.77. The van der Waals surface area contributed by atoms with E-state index < -0.39 is 0 Å². The van der Waals surface area contributed by atoms with Crippen LogP contribution in [0.1, 0.15) is 59.2 Å². The average molecular weight is 224 g/mol. The van der Waals surface area contributed by atoms with Gasteiger partial charge < -0.3 is 0 Å². The van der Waals surface area contributed by atoms with Crippen molar-refractivity contribution in [2.75, 3.05) is 0 Å². The van der Waals surface area contributed by atoms with Gasteiger partial charge in [0.25, 0.3) is 0 Å². The van der Waals surface area contributed by atoms with Crippen LogP contribution in [0, 0.1) is 5.41 Å². The van der Waals surface area contributed by atoms with E-state index in [-0.39, 0.29) is 5.41 Å². The fourth-order valence-corrected chi connectivity index (χ4v) is 1.58. The largest absolute Gasteiger partial charge is 0.174 e. The van der Waals surface area contributed by atoms with Crippen molar-refractivity contribution in [1.82, 2.24) is 20.2 Å². The summed E-state index contributed by atoms with van der Waals surface area (Å²) in [4.78, 5) is 1.72. The van der Waals surface area contributed by atoms with Crippen molar-refractivity contribution in [3.63, 3.8) is 0 Å². The number of aromatic nitrogens is 4. The molecule has 1 aromatic heterocycles. The van der Waals surface area contributed by atoms with Gasteiger partial charge in [0.15, 0.2) is 5.82 Å². The Morgan fingerprint density at radius 3 is 2.50 bits per heavy atom. The Bertz CT molecular complexity index is 298. The zero-order valence-corrected chi connectivity index (χ0v) is 11.0. The second kappa shape index (κ2) is 5.97. The molecule has 0 aliphatic carbocycles. The number of unbranched alkanes of at least 4 members (excludes halogenated alkanes) is 3. The normalized spacial score (nSPS) is 12.0. The number of hydrogen-bond donors (Lipinski definition) is 0. The van der Waals surface area contributed by atoms with Gasteiger partial charge >= 0.3 is 0 Å². The first-order valence-corrected chi connectivity index (χ1v) is 6.28. The molecule has 0 saturated carbocycles. The summed E-state index contributed by atoms with van der Waals surface area (Å²) in [5, 5.41) is 12.5. The first-order chi connectivity index (χ1) is 7.51. The zero-order valence-electron chi connectivity index (χ0n) is 11.0. The maximum absolute atomic E-state index is 4.39. The van der Waals surface area contributed by atoms with Crippen molar-refractivity contribution in [2.24, 2.45) is 5.41 Å². The van der Waals surface area contributed by atoms with Crippen LogP contribution in [0.4, 0.5) is 0 Å². The molecule has 4 heteroatoms. The second-order valence-corrected chi connectivity index (χ2v) is 5.61. The Morgan fingerprint density at radius 1 is 1.12 bits per heavy atom. The van der Waals surface area contributed by atoms with Crippen LogP contribution in [-0.4, -0.2) is 20.2 Å². The summed E-state index contributed by atoms with van der Waals surface area (Å²) in [6, 6.07) is 0. The zero-order chi connectivity index (χ0) is 12.0. The van der Waals surface area contributed by atoms with Gasteiger partial charge in [0.1, 0.15) is 0 Å². The molecule has 0 bridgehead atoms. The van der Waals surface area contributed by atoms with Crippen molar-refractivity contribution in [2.45, 2.75) is 66.3 Å². The molecule has 0 fully saturated rings. The van der Waals surface area contributed by atoms with Crippen molar-refractivity contribution >= 4 is 0 Å². The third kappa shape index (κ3) is 5.24. The average Bonchev–Trinajstić information content (AvgIpc) is 2.58. The van der Waals surface area contributed by atoms with Crippen LogP contribution in [0.2, 0.25) is 0 Å². The third-order valence-electron chi connectivity index (χ3n) is 2.36. The predicted molar refractivity (Wildman–Crippen MR) is 65.1 cm³/mol. The molecule has 0 aliphatic rings. The first kappa shape index (κ1) is 13.1. The van der Waals surface area contributed by atoms with E-state index in [9.17, 15) is 0 Å². The van der Waals surface area contributed by atoms with Crippen LogP contribution in [0.15, 0.2) is 0 Å². The van der Waals surface area contributed by atoms with Crippen LogP contribution in [0.25, 0.3) is 0 Å². The standard InChI is InChI=1S/C12H24N4/c1-5-6-7-8-9-11-13-15-16(14-11)10-12(2,3)4/h5-10H2,1-4H3. The van der Waals surface area contributed by atoms with E-state index in [1.807, 2.05) is 0 Å². The molecule has 0 radical (unpaired) electrons. The molecule has 0 aliphatic heterocycles. The van der Waals surface area contributed by atoms with Gasteiger partial charge in [-0.25, -0.2) is 0 Å². The molecule has 0 saturated heterocycles. The number of hydrogen-bond acceptors (Lipinski definition) is 3. The molecule has 0 atom stereocenters. The fourth-order valence-electron chi connectivity index (χ4n) is 1.58. The SMILES string of the molecule is CCCCCCc1nnn(CC(C)(C)C)n1. The van der Waals surface area contributed by atoms with E-state index in [0.717, 1.165) is 18.8 Å². The quantitative estimate of drug-likeness (QED) is 0.698. The molecular weight excluding hydrogens is 200 g/mol. The Morgan fingerprint density at radius 2 is 1.88 bits per heavy atom. The number of nitrogens with zero attached hydrogens (tertiary/aromatic N) is 4. The van der Waals surface area contributed by atoms with Gasteiger partial charge in [0.05, 0.1) is 6.54 Å². The van der Waals surface area contributed by atoms with Gasteiger partial charge in [0.2, 0.25) is 0 Å². The molecule has 0 unspecified atom stereocenters. The minimum absolute atomic E-state index is 0.209. The van der Waals surface area contributed by atoms with Gasteiger partial charge in [-0.15, -0.1) is 10.2 Å². The van der Waals surface area contributed by atoms with Gasteiger partial charge in [-0.1, -0.05) is 47.0 Å². The molecule has 0 amide bonds. The van der Waals surface area contributed by atoms with E-state index >= 15 is 0 Å². The minimum atomic E-state index is 0.209. The predicted octanol–water partition coefficient (Wildman–Crippen LogP) is 2.84. The highest BCUT2D eigenvalue weighted by atomic mass is 15.6. The Hall–Kier alpha value is -0.930. The van der Waals surface area contributed by atoms with E-state index in [4.69, 9.17) is 0 Å². The monoisotopic (exact) mass is 224 g/mol. The molecular formula is C12H24N4. The van der Waals surface area contributed by atoms with Crippen LogP contribution < -0.4 is 0 Å². The molecule has 1 rings (SSSR count). The number of aryl methyl sites for hydroxylation is 1. The molecule has 4 nitrogen and oxygen atoms in total. The van der Waals surface area contributed by atoms with Crippen molar-refractivity contribution in [3.8, 4) is 0 Å². The van der Waals surface area contributed by atoms with Crippen LogP contribution >= 0.6 is 0 Å². The van der Waals surface area contributed by atoms with E-state index in [2.05, 4.69) is 43.1 Å². The summed E-state index contributed by atoms with van der Waals surface area (Å²) in [5.74, 6) is 0.889. The topological polar surface area (TPSA) is 43.6 Å².